The number of nitrogens with zero attached hydrogens (tertiary/aromatic N) is 1. The van der Waals surface area contributed by atoms with Gasteiger partial charge in [-0.2, -0.15) is 0 Å². The van der Waals surface area contributed by atoms with Crippen molar-refractivity contribution >= 4 is 0 Å². The maximum Gasteiger partial charge on any atom is 0.254 e. The lowest BCUT2D eigenvalue weighted by atomic mass is 9.95. The van der Waals surface area contributed by atoms with Gasteiger partial charge in [-0.05, 0) is 18.6 Å². The second-order valence-corrected chi connectivity index (χ2v) is 6.52. The van der Waals surface area contributed by atoms with Crippen LogP contribution in [-0.4, -0.2) is 51.3 Å². The molecule has 2 aliphatic rings. The average molecular weight is 373 g/mol. The Morgan fingerprint density at radius 1 is 1.15 bits per heavy atom. The van der Waals surface area contributed by atoms with Crippen molar-refractivity contribution in [1.82, 2.24) is 4.57 Å². The van der Waals surface area contributed by atoms with E-state index in [2.05, 4.69) is 0 Å². The van der Waals surface area contributed by atoms with Crippen molar-refractivity contribution in [3.8, 4) is 28.5 Å². The van der Waals surface area contributed by atoms with Crippen molar-refractivity contribution in [2.24, 2.45) is 0 Å². The second-order valence-electron chi connectivity index (χ2n) is 6.52. The van der Waals surface area contributed by atoms with E-state index in [4.69, 9.17) is 23.7 Å². The first-order valence-corrected chi connectivity index (χ1v) is 9.02. The summed E-state index contributed by atoms with van der Waals surface area (Å²) in [5, 5.41) is 0. The van der Waals surface area contributed by atoms with Gasteiger partial charge in [0.1, 0.15) is 30.0 Å². The SMILES string of the molecule is COc1ccc(OC)c2c1CCn1c-2cc(OCC2COCCO2)cc1=O. The third-order valence-corrected chi connectivity index (χ3v) is 4.94. The van der Waals surface area contributed by atoms with Gasteiger partial charge in [0.2, 0.25) is 0 Å². The van der Waals surface area contributed by atoms with Gasteiger partial charge in [0.25, 0.3) is 5.56 Å². The van der Waals surface area contributed by atoms with E-state index in [1.807, 2.05) is 18.2 Å². The first kappa shape index (κ1) is 17.9. The van der Waals surface area contributed by atoms with Crippen LogP contribution in [0.1, 0.15) is 5.56 Å². The molecule has 1 aromatic heterocycles. The lowest BCUT2D eigenvalue weighted by molar-refractivity contribution is -0.101. The fourth-order valence-electron chi connectivity index (χ4n) is 3.64. The van der Waals surface area contributed by atoms with Crippen LogP contribution in [0.4, 0.5) is 0 Å². The number of ether oxygens (including phenoxy) is 5. The fourth-order valence-corrected chi connectivity index (χ4v) is 3.64. The molecule has 4 rings (SSSR count). The van der Waals surface area contributed by atoms with Gasteiger partial charge >= 0.3 is 0 Å². The molecule has 144 valence electrons. The zero-order valence-corrected chi connectivity index (χ0v) is 15.5. The summed E-state index contributed by atoms with van der Waals surface area (Å²) in [7, 11) is 3.27. The molecule has 7 nitrogen and oxygen atoms in total. The zero-order valence-electron chi connectivity index (χ0n) is 15.5. The van der Waals surface area contributed by atoms with Gasteiger partial charge < -0.3 is 28.3 Å². The van der Waals surface area contributed by atoms with E-state index in [1.165, 1.54) is 6.07 Å². The summed E-state index contributed by atoms with van der Waals surface area (Å²) >= 11 is 0. The third kappa shape index (κ3) is 3.40. The summed E-state index contributed by atoms with van der Waals surface area (Å²) < 4.78 is 29.6. The van der Waals surface area contributed by atoms with Gasteiger partial charge in [0.05, 0.1) is 39.7 Å². The van der Waals surface area contributed by atoms with Crippen LogP contribution >= 0.6 is 0 Å². The van der Waals surface area contributed by atoms with E-state index >= 15 is 0 Å². The smallest absolute Gasteiger partial charge is 0.254 e. The van der Waals surface area contributed by atoms with Crippen LogP contribution in [-0.2, 0) is 22.4 Å². The Morgan fingerprint density at radius 2 is 1.96 bits per heavy atom. The van der Waals surface area contributed by atoms with Gasteiger partial charge in [0, 0.05) is 29.8 Å². The fraction of sp³-hybridized carbons (Fsp3) is 0.450. The Balaban J connectivity index is 1.71. The molecule has 1 fully saturated rings. The lowest BCUT2D eigenvalue weighted by Gasteiger charge is -2.26. The maximum atomic E-state index is 12.7. The predicted molar refractivity (Wildman–Crippen MR) is 99.0 cm³/mol. The predicted octanol–water partition coefficient (Wildman–Crippen LogP) is 1.88. The summed E-state index contributed by atoms with van der Waals surface area (Å²) in [5.41, 5.74) is 2.59. The highest BCUT2D eigenvalue weighted by molar-refractivity contribution is 5.76. The van der Waals surface area contributed by atoms with E-state index < -0.39 is 0 Å². The molecule has 27 heavy (non-hydrogen) atoms. The van der Waals surface area contributed by atoms with Crippen LogP contribution < -0.4 is 19.8 Å². The number of pyridine rings is 1. The van der Waals surface area contributed by atoms with Crippen molar-refractivity contribution in [2.45, 2.75) is 19.1 Å². The minimum atomic E-state index is -0.126. The number of aromatic nitrogens is 1. The molecule has 1 saturated heterocycles. The quantitative estimate of drug-likeness (QED) is 0.797. The Bertz CT molecular complexity index is 885. The average Bonchev–Trinajstić information content (AvgIpc) is 2.72. The molecule has 0 spiro atoms. The molecule has 0 saturated carbocycles. The molecule has 1 aromatic carbocycles. The molecular weight excluding hydrogens is 350 g/mol. The van der Waals surface area contributed by atoms with Crippen molar-refractivity contribution < 1.29 is 23.7 Å². The molecule has 1 atom stereocenters. The number of hydrogen-bond acceptors (Lipinski definition) is 6. The van der Waals surface area contributed by atoms with Crippen LogP contribution in [0.3, 0.4) is 0 Å². The molecule has 0 aliphatic carbocycles. The third-order valence-electron chi connectivity index (χ3n) is 4.94. The normalized spacial score (nSPS) is 18.4. The lowest BCUT2D eigenvalue weighted by Crippen LogP contribution is -2.33. The Morgan fingerprint density at radius 3 is 2.70 bits per heavy atom. The molecule has 1 unspecified atom stereocenters. The van der Waals surface area contributed by atoms with Gasteiger partial charge in [-0.3, -0.25) is 4.79 Å². The first-order valence-electron chi connectivity index (χ1n) is 9.02. The molecule has 0 bridgehead atoms. The van der Waals surface area contributed by atoms with Gasteiger partial charge in [-0.15, -0.1) is 0 Å². The van der Waals surface area contributed by atoms with E-state index in [-0.39, 0.29) is 11.7 Å². The Kier molecular flexibility index (Phi) is 5.05. The largest absolute Gasteiger partial charge is 0.496 e. The van der Waals surface area contributed by atoms with Gasteiger partial charge in [0.15, 0.2) is 0 Å². The minimum absolute atomic E-state index is 0.0983. The highest BCUT2D eigenvalue weighted by atomic mass is 16.6. The van der Waals surface area contributed by atoms with Crippen LogP contribution in [0.15, 0.2) is 29.1 Å². The monoisotopic (exact) mass is 373 g/mol. The minimum Gasteiger partial charge on any atom is -0.496 e. The molecule has 0 radical (unpaired) electrons. The summed E-state index contributed by atoms with van der Waals surface area (Å²) in [6.07, 6.45) is 0.579. The second kappa shape index (κ2) is 7.62. The zero-order chi connectivity index (χ0) is 18.8. The molecule has 0 N–H and O–H groups in total. The summed E-state index contributed by atoms with van der Waals surface area (Å²) in [4.78, 5) is 12.7. The number of methoxy groups -OCH3 is 2. The Hall–Kier alpha value is -2.51. The van der Waals surface area contributed by atoms with Crippen molar-refractivity contribution in [3.05, 3.63) is 40.2 Å². The van der Waals surface area contributed by atoms with Crippen LogP contribution in [0, 0.1) is 0 Å². The maximum absolute atomic E-state index is 12.7. The van der Waals surface area contributed by atoms with Gasteiger partial charge in [-0.1, -0.05) is 0 Å². The summed E-state index contributed by atoms with van der Waals surface area (Å²) in [6.45, 7) is 2.59. The van der Waals surface area contributed by atoms with Crippen molar-refractivity contribution in [3.63, 3.8) is 0 Å². The number of rotatable bonds is 5. The van der Waals surface area contributed by atoms with Crippen molar-refractivity contribution in [2.75, 3.05) is 40.6 Å². The molecule has 2 aliphatic heterocycles. The van der Waals surface area contributed by atoms with E-state index in [1.54, 1.807) is 18.8 Å². The number of benzene rings is 1. The molecule has 3 heterocycles. The van der Waals surface area contributed by atoms with E-state index in [0.29, 0.717) is 50.9 Å². The molecular formula is C20H23NO6. The summed E-state index contributed by atoms with van der Waals surface area (Å²) in [6, 6.07) is 7.15. The first-order chi connectivity index (χ1) is 13.2. The van der Waals surface area contributed by atoms with Crippen LogP contribution in [0.5, 0.6) is 17.2 Å². The molecule has 7 heteroatoms. The van der Waals surface area contributed by atoms with Crippen molar-refractivity contribution in [1.29, 1.82) is 0 Å². The van der Waals surface area contributed by atoms with E-state index in [9.17, 15) is 4.79 Å². The Labute approximate surface area is 157 Å². The molecule has 0 amide bonds. The highest BCUT2D eigenvalue weighted by Gasteiger charge is 2.25. The van der Waals surface area contributed by atoms with E-state index in [0.717, 1.165) is 22.6 Å². The van der Waals surface area contributed by atoms with Crippen LogP contribution in [0.2, 0.25) is 0 Å². The topological polar surface area (TPSA) is 68.2 Å². The number of fused-ring (bicyclic) bond motifs is 3. The van der Waals surface area contributed by atoms with Crippen LogP contribution in [0.25, 0.3) is 11.3 Å². The summed E-state index contributed by atoms with van der Waals surface area (Å²) in [5.74, 6) is 2.02. The van der Waals surface area contributed by atoms with Gasteiger partial charge in [-0.25, -0.2) is 0 Å². The number of hydrogen-bond donors (Lipinski definition) is 0. The highest BCUT2D eigenvalue weighted by Crippen LogP contribution is 2.41. The standard InChI is InChI=1S/C20H23NO6/c1-23-17-3-4-18(24-2)20-15(17)5-6-21-16(20)9-13(10-19(21)22)27-12-14-11-25-7-8-26-14/h3-4,9-10,14H,5-8,11-12H2,1-2H3. The molecule has 2 aromatic rings.